The lowest BCUT2D eigenvalue weighted by molar-refractivity contribution is -0.132. The van der Waals surface area contributed by atoms with Crippen molar-refractivity contribution in [2.24, 2.45) is 0 Å². The third-order valence-electron chi connectivity index (χ3n) is 3.57. The molecule has 2 atom stereocenters. The van der Waals surface area contributed by atoms with E-state index < -0.39 is 22.0 Å². The molecule has 1 amide bonds. The van der Waals surface area contributed by atoms with E-state index in [4.69, 9.17) is 4.74 Å². The Hall–Kier alpha value is -1.40. The summed E-state index contributed by atoms with van der Waals surface area (Å²) in [5, 5.41) is 2.77. The summed E-state index contributed by atoms with van der Waals surface area (Å²) in [5.74, 6) is -0.359. The molecule has 0 saturated carbocycles. The van der Waals surface area contributed by atoms with Crippen molar-refractivity contribution in [1.29, 1.82) is 0 Å². The number of carbonyl (C=O) groups is 1. The first-order chi connectivity index (χ1) is 9.95. The van der Waals surface area contributed by atoms with Gasteiger partial charge in [-0.05, 0) is 25.0 Å². The van der Waals surface area contributed by atoms with Crippen LogP contribution in [0.4, 0.5) is 0 Å². The largest absolute Gasteiger partial charge is 0.369 e. The summed E-state index contributed by atoms with van der Waals surface area (Å²) in [7, 11) is -3.30. The molecule has 6 heteroatoms. The van der Waals surface area contributed by atoms with Crippen molar-refractivity contribution in [3.05, 3.63) is 29.8 Å². The SMILES string of the molecule is CCCCO[C@H](C)C(=O)N[C@H]1CS(=O)(=O)c2ccccc21. The van der Waals surface area contributed by atoms with Gasteiger partial charge in [0.05, 0.1) is 16.7 Å². The highest BCUT2D eigenvalue weighted by atomic mass is 32.2. The van der Waals surface area contributed by atoms with E-state index in [1.165, 1.54) is 0 Å². The van der Waals surface area contributed by atoms with E-state index in [2.05, 4.69) is 12.2 Å². The van der Waals surface area contributed by atoms with E-state index in [1.807, 2.05) is 0 Å². The van der Waals surface area contributed by atoms with Crippen molar-refractivity contribution in [1.82, 2.24) is 5.32 Å². The minimum absolute atomic E-state index is 0.0836. The number of carbonyl (C=O) groups excluding carboxylic acids is 1. The van der Waals surface area contributed by atoms with E-state index in [0.717, 1.165) is 12.8 Å². The summed E-state index contributed by atoms with van der Waals surface area (Å²) in [4.78, 5) is 12.4. The van der Waals surface area contributed by atoms with Crippen LogP contribution in [0.5, 0.6) is 0 Å². The Bertz CT molecular complexity index is 612. The van der Waals surface area contributed by atoms with Crippen LogP contribution in [-0.4, -0.2) is 32.8 Å². The molecule has 1 N–H and O–H groups in total. The fourth-order valence-corrected chi connectivity index (χ4v) is 4.08. The zero-order valence-electron chi connectivity index (χ0n) is 12.3. The van der Waals surface area contributed by atoms with Crippen LogP contribution < -0.4 is 5.32 Å². The fraction of sp³-hybridized carbons (Fsp3) is 0.533. The highest BCUT2D eigenvalue weighted by Gasteiger charge is 2.35. The second-order valence-corrected chi connectivity index (χ2v) is 7.25. The number of hydrogen-bond acceptors (Lipinski definition) is 4. The second kappa shape index (κ2) is 6.58. The molecular weight excluding hydrogens is 290 g/mol. The molecule has 0 radical (unpaired) electrons. The lowest BCUT2D eigenvalue weighted by Crippen LogP contribution is -2.37. The van der Waals surface area contributed by atoms with Gasteiger partial charge in [-0.3, -0.25) is 4.79 Å². The number of ether oxygens (including phenoxy) is 1. The van der Waals surface area contributed by atoms with Crippen molar-refractivity contribution in [3.63, 3.8) is 0 Å². The van der Waals surface area contributed by atoms with Crippen molar-refractivity contribution in [2.45, 2.75) is 43.7 Å². The minimum atomic E-state index is -3.30. The normalized spacial score (nSPS) is 20.8. The van der Waals surface area contributed by atoms with Gasteiger partial charge in [0, 0.05) is 6.61 Å². The summed E-state index contributed by atoms with van der Waals surface area (Å²) in [6.07, 6.45) is 1.33. The average molecular weight is 311 g/mol. The molecule has 1 heterocycles. The molecule has 0 bridgehead atoms. The molecule has 0 spiro atoms. The molecule has 1 aromatic carbocycles. The van der Waals surface area contributed by atoms with E-state index in [9.17, 15) is 13.2 Å². The number of rotatable bonds is 6. The number of benzene rings is 1. The predicted octanol–water partition coefficient (Wildman–Crippen LogP) is 1.84. The number of sulfone groups is 1. The maximum atomic E-state index is 12.1. The molecule has 21 heavy (non-hydrogen) atoms. The van der Waals surface area contributed by atoms with E-state index in [-0.39, 0.29) is 11.7 Å². The maximum Gasteiger partial charge on any atom is 0.249 e. The molecule has 1 aliphatic rings. The first-order valence-corrected chi connectivity index (χ1v) is 8.84. The molecule has 0 unspecified atom stereocenters. The molecular formula is C15H21NO4S. The fourth-order valence-electron chi connectivity index (χ4n) is 2.34. The predicted molar refractivity (Wildman–Crippen MR) is 79.7 cm³/mol. The Morgan fingerprint density at radius 3 is 2.86 bits per heavy atom. The van der Waals surface area contributed by atoms with Crippen molar-refractivity contribution in [3.8, 4) is 0 Å². The monoisotopic (exact) mass is 311 g/mol. The van der Waals surface area contributed by atoms with Gasteiger partial charge in [0.2, 0.25) is 5.91 Å². The number of hydrogen-bond donors (Lipinski definition) is 1. The Morgan fingerprint density at radius 2 is 2.14 bits per heavy atom. The van der Waals surface area contributed by atoms with Crippen LogP contribution in [0.1, 0.15) is 38.3 Å². The Balaban J connectivity index is 2.03. The van der Waals surface area contributed by atoms with Gasteiger partial charge in [-0.25, -0.2) is 8.42 Å². The molecule has 1 aliphatic heterocycles. The van der Waals surface area contributed by atoms with E-state index in [1.54, 1.807) is 31.2 Å². The minimum Gasteiger partial charge on any atom is -0.369 e. The molecule has 116 valence electrons. The van der Waals surface area contributed by atoms with E-state index in [0.29, 0.717) is 17.1 Å². The number of unbranched alkanes of at least 4 members (excludes halogenated alkanes) is 1. The summed E-state index contributed by atoms with van der Waals surface area (Å²) in [6.45, 7) is 4.26. The quantitative estimate of drug-likeness (QED) is 0.814. The van der Waals surface area contributed by atoms with Crippen LogP contribution in [-0.2, 0) is 19.4 Å². The maximum absolute atomic E-state index is 12.1. The summed E-state index contributed by atoms with van der Waals surface area (Å²) in [5.41, 5.74) is 0.659. The third kappa shape index (κ3) is 3.63. The van der Waals surface area contributed by atoms with Gasteiger partial charge in [-0.1, -0.05) is 31.5 Å². The van der Waals surface area contributed by atoms with Crippen LogP contribution in [0.3, 0.4) is 0 Å². The Kier molecular flexibility index (Phi) is 5.00. The molecule has 0 aliphatic carbocycles. The van der Waals surface area contributed by atoms with Crippen molar-refractivity contribution >= 4 is 15.7 Å². The molecule has 5 nitrogen and oxygen atoms in total. The van der Waals surface area contributed by atoms with Crippen LogP contribution in [0.2, 0.25) is 0 Å². The molecule has 0 fully saturated rings. The summed E-state index contributed by atoms with van der Waals surface area (Å²) < 4.78 is 29.5. The summed E-state index contributed by atoms with van der Waals surface area (Å²) in [6, 6.07) is 6.30. The molecule has 0 aromatic heterocycles. The van der Waals surface area contributed by atoms with Gasteiger partial charge in [0.1, 0.15) is 6.10 Å². The topological polar surface area (TPSA) is 72.5 Å². The zero-order valence-corrected chi connectivity index (χ0v) is 13.2. The lowest BCUT2D eigenvalue weighted by atomic mass is 10.1. The highest BCUT2D eigenvalue weighted by Crippen LogP contribution is 2.32. The number of nitrogens with one attached hydrogen (secondary N) is 1. The van der Waals surface area contributed by atoms with Crippen LogP contribution in [0, 0.1) is 0 Å². The second-order valence-electron chi connectivity index (χ2n) is 5.25. The zero-order chi connectivity index (χ0) is 15.5. The standard InChI is InChI=1S/C15H21NO4S/c1-3-4-9-20-11(2)15(17)16-13-10-21(18,19)14-8-6-5-7-12(13)14/h5-8,11,13H,3-4,9-10H2,1-2H3,(H,16,17)/t11-,13+/m1/s1. The van der Waals surface area contributed by atoms with Gasteiger partial charge in [-0.15, -0.1) is 0 Å². The van der Waals surface area contributed by atoms with Crippen LogP contribution in [0.15, 0.2) is 29.2 Å². The first kappa shape index (κ1) is 16.0. The summed E-state index contributed by atoms with van der Waals surface area (Å²) >= 11 is 0. The van der Waals surface area contributed by atoms with Gasteiger partial charge >= 0.3 is 0 Å². The molecule has 2 rings (SSSR count). The van der Waals surface area contributed by atoms with Gasteiger partial charge < -0.3 is 10.1 Å². The van der Waals surface area contributed by atoms with Crippen molar-refractivity contribution in [2.75, 3.05) is 12.4 Å². The van der Waals surface area contributed by atoms with Gasteiger partial charge in [0.15, 0.2) is 9.84 Å². The smallest absolute Gasteiger partial charge is 0.249 e. The van der Waals surface area contributed by atoms with Crippen molar-refractivity contribution < 1.29 is 17.9 Å². The third-order valence-corrected chi connectivity index (χ3v) is 5.38. The van der Waals surface area contributed by atoms with Crippen LogP contribution in [0.25, 0.3) is 0 Å². The molecule has 1 aromatic rings. The number of amides is 1. The van der Waals surface area contributed by atoms with Crippen LogP contribution >= 0.6 is 0 Å². The Morgan fingerprint density at radius 1 is 1.43 bits per heavy atom. The first-order valence-electron chi connectivity index (χ1n) is 7.19. The molecule has 0 saturated heterocycles. The van der Waals surface area contributed by atoms with E-state index >= 15 is 0 Å². The number of fused-ring (bicyclic) bond motifs is 1. The van der Waals surface area contributed by atoms with Gasteiger partial charge in [0.25, 0.3) is 0 Å². The van der Waals surface area contributed by atoms with Gasteiger partial charge in [-0.2, -0.15) is 0 Å². The Labute approximate surface area is 125 Å². The average Bonchev–Trinajstić information content (AvgIpc) is 2.71. The highest BCUT2D eigenvalue weighted by molar-refractivity contribution is 7.91. The lowest BCUT2D eigenvalue weighted by Gasteiger charge is -2.17.